The molecule has 0 radical (unpaired) electrons. The molecule has 0 aliphatic carbocycles. The zero-order chi connectivity index (χ0) is 20.8. The summed E-state index contributed by atoms with van der Waals surface area (Å²) in [5, 5.41) is 6.84. The molecule has 4 aromatic rings. The number of anilines is 1. The molecule has 2 heterocycles. The van der Waals surface area contributed by atoms with Gasteiger partial charge in [-0.05, 0) is 68.4 Å². The van der Waals surface area contributed by atoms with Crippen LogP contribution in [0.2, 0.25) is 5.02 Å². The summed E-state index contributed by atoms with van der Waals surface area (Å²) in [6, 6.07) is 10.9. The lowest BCUT2D eigenvalue weighted by Gasteiger charge is -2.11. The summed E-state index contributed by atoms with van der Waals surface area (Å²) in [6.07, 6.45) is 1.79. The van der Waals surface area contributed by atoms with Crippen LogP contribution in [0.3, 0.4) is 0 Å². The highest BCUT2D eigenvalue weighted by atomic mass is 35.5. The van der Waals surface area contributed by atoms with E-state index in [-0.39, 0.29) is 0 Å². The number of benzene rings is 2. The van der Waals surface area contributed by atoms with Crippen molar-refractivity contribution < 1.29 is 8.42 Å². The monoisotopic (exact) mass is 448 g/mol. The van der Waals surface area contributed by atoms with Crippen molar-refractivity contribution in [3.8, 4) is 0 Å². The number of fused-ring (bicyclic) bond motifs is 2. The number of aromatic nitrogens is 2. The Morgan fingerprint density at radius 1 is 1.21 bits per heavy atom. The Kier molecular flexibility index (Phi) is 5.29. The first-order valence-electron chi connectivity index (χ1n) is 9.06. The predicted octanol–water partition coefficient (Wildman–Crippen LogP) is 4.58. The number of rotatable bonds is 6. The third-order valence-electron chi connectivity index (χ3n) is 4.75. The van der Waals surface area contributed by atoms with E-state index in [1.165, 1.54) is 11.3 Å². The number of hydrogen-bond acceptors (Lipinski definition) is 5. The Balaban J connectivity index is 1.68. The Hall–Kier alpha value is -2.13. The van der Waals surface area contributed by atoms with E-state index >= 15 is 0 Å². The van der Waals surface area contributed by atoms with Gasteiger partial charge in [-0.1, -0.05) is 11.6 Å². The third-order valence-corrected chi connectivity index (χ3v) is 8.26. The molecule has 2 aromatic carbocycles. The minimum absolute atomic E-state index is 0.302. The summed E-state index contributed by atoms with van der Waals surface area (Å²) in [6.45, 7) is 3.38. The molecule has 0 bridgehead atoms. The number of nitrogens with one attached hydrogen (secondary N) is 1. The highest BCUT2D eigenvalue weighted by Crippen LogP contribution is 2.36. The number of thiophene rings is 1. The normalized spacial score (nSPS) is 12.3. The Morgan fingerprint density at radius 2 is 2.00 bits per heavy atom. The summed E-state index contributed by atoms with van der Waals surface area (Å²) in [5.41, 5.74) is 2.11. The Labute approximate surface area is 178 Å². The maximum atomic E-state index is 13.1. The van der Waals surface area contributed by atoms with Gasteiger partial charge < -0.3 is 4.90 Å². The van der Waals surface area contributed by atoms with Crippen LogP contribution in [0.5, 0.6) is 0 Å². The van der Waals surface area contributed by atoms with E-state index in [0.29, 0.717) is 20.5 Å². The van der Waals surface area contributed by atoms with Crippen molar-refractivity contribution in [3.05, 3.63) is 53.2 Å². The van der Waals surface area contributed by atoms with Gasteiger partial charge in [0.25, 0.3) is 10.0 Å². The fourth-order valence-electron chi connectivity index (χ4n) is 3.24. The molecule has 0 saturated heterocycles. The molecule has 29 heavy (non-hydrogen) atoms. The van der Waals surface area contributed by atoms with Gasteiger partial charge in [-0.2, -0.15) is 5.10 Å². The standard InChI is InChI=1S/C20H21ClN4O2S2/c1-13-17-10-15(21)5-7-19(17)28-20(13)29(26,27)23-16-6-4-14-12-22-25(18(14)11-16)9-8-24(2)3/h4-7,10-12,23H,8-9H2,1-3H3. The molecule has 2 aromatic heterocycles. The maximum absolute atomic E-state index is 13.1. The molecule has 152 valence electrons. The molecule has 9 heteroatoms. The molecule has 0 saturated carbocycles. The molecule has 0 spiro atoms. The van der Waals surface area contributed by atoms with Crippen LogP contribution in [0.25, 0.3) is 21.0 Å². The third kappa shape index (κ3) is 3.98. The van der Waals surface area contributed by atoms with Crippen LogP contribution in [0.4, 0.5) is 5.69 Å². The first-order chi connectivity index (χ1) is 13.7. The zero-order valence-electron chi connectivity index (χ0n) is 16.3. The minimum atomic E-state index is -3.72. The molecule has 4 rings (SSSR count). The summed E-state index contributed by atoms with van der Waals surface area (Å²) < 4.78 is 32.0. The number of halogens is 1. The minimum Gasteiger partial charge on any atom is -0.308 e. The smallest absolute Gasteiger partial charge is 0.271 e. The fraction of sp³-hybridized carbons (Fsp3) is 0.250. The highest BCUT2D eigenvalue weighted by molar-refractivity contribution is 7.94. The zero-order valence-corrected chi connectivity index (χ0v) is 18.7. The second-order valence-electron chi connectivity index (χ2n) is 7.21. The van der Waals surface area contributed by atoms with Crippen LogP contribution in [0.1, 0.15) is 5.56 Å². The number of aryl methyl sites for hydroxylation is 1. The quantitative estimate of drug-likeness (QED) is 0.469. The molecular weight excluding hydrogens is 428 g/mol. The van der Waals surface area contributed by atoms with Crippen LogP contribution in [-0.4, -0.2) is 43.7 Å². The van der Waals surface area contributed by atoms with Gasteiger partial charge in [0.05, 0.1) is 23.9 Å². The van der Waals surface area contributed by atoms with Gasteiger partial charge in [-0.25, -0.2) is 8.42 Å². The van der Waals surface area contributed by atoms with Gasteiger partial charge in [0.2, 0.25) is 0 Å². The van der Waals surface area contributed by atoms with Crippen LogP contribution in [0, 0.1) is 6.92 Å². The van der Waals surface area contributed by atoms with Gasteiger partial charge in [-0.15, -0.1) is 11.3 Å². The molecule has 6 nitrogen and oxygen atoms in total. The molecule has 0 fully saturated rings. The molecule has 0 unspecified atom stereocenters. The second-order valence-corrected chi connectivity index (χ2v) is 10.6. The number of sulfonamides is 1. The second kappa shape index (κ2) is 7.60. The van der Waals surface area contributed by atoms with E-state index in [9.17, 15) is 8.42 Å². The summed E-state index contributed by atoms with van der Waals surface area (Å²) in [5.74, 6) is 0. The van der Waals surface area contributed by atoms with Gasteiger partial charge in [0, 0.05) is 21.7 Å². The average Bonchev–Trinajstić information content (AvgIpc) is 3.21. The number of likely N-dealkylation sites (N-methyl/N-ethyl adjacent to an activating group) is 1. The molecular formula is C20H21ClN4O2S2. The van der Waals surface area contributed by atoms with Crippen molar-refractivity contribution in [1.29, 1.82) is 0 Å². The van der Waals surface area contributed by atoms with Crippen molar-refractivity contribution in [3.63, 3.8) is 0 Å². The van der Waals surface area contributed by atoms with Crippen molar-refractivity contribution in [2.24, 2.45) is 0 Å². The molecule has 1 N–H and O–H groups in total. The maximum Gasteiger partial charge on any atom is 0.271 e. The van der Waals surface area contributed by atoms with Crippen LogP contribution < -0.4 is 4.72 Å². The van der Waals surface area contributed by atoms with Crippen molar-refractivity contribution in [2.75, 3.05) is 25.4 Å². The lowest BCUT2D eigenvalue weighted by atomic mass is 10.2. The lowest BCUT2D eigenvalue weighted by Crippen LogP contribution is -2.19. The van der Waals surface area contributed by atoms with Crippen molar-refractivity contribution >= 4 is 59.6 Å². The van der Waals surface area contributed by atoms with E-state index in [1.807, 2.05) is 43.9 Å². The number of hydrogen-bond donors (Lipinski definition) is 1. The molecule has 0 aliphatic heterocycles. The van der Waals surface area contributed by atoms with Gasteiger partial charge in [-0.3, -0.25) is 9.40 Å². The van der Waals surface area contributed by atoms with E-state index in [0.717, 1.165) is 34.1 Å². The largest absolute Gasteiger partial charge is 0.308 e. The van der Waals surface area contributed by atoms with E-state index in [4.69, 9.17) is 11.6 Å². The fourth-order valence-corrected chi connectivity index (χ4v) is 6.20. The predicted molar refractivity (Wildman–Crippen MR) is 121 cm³/mol. The van der Waals surface area contributed by atoms with Gasteiger partial charge in [0.15, 0.2) is 0 Å². The summed E-state index contributed by atoms with van der Waals surface area (Å²) in [4.78, 5) is 2.08. The van der Waals surface area contributed by atoms with E-state index < -0.39 is 10.0 Å². The summed E-state index contributed by atoms with van der Waals surface area (Å²) >= 11 is 7.32. The number of nitrogens with zero attached hydrogens (tertiary/aromatic N) is 3. The molecule has 0 atom stereocenters. The molecule has 0 amide bonds. The van der Waals surface area contributed by atoms with Gasteiger partial charge >= 0.3 is 0 Å². The topological polar surface area (TPSA) is 67.2 Å². The first kappa shape index (κ1) is 20.2. The van der Waals surface area contributed by atoms with Crippen LogP contribution in [0.15, 0.2) is 46.8 Å². The highest BCUT2D eigenvalue weighted by Gasteiger charge is 2.22. The molecule has 0 aliphatic rings. The van der Waals surface area contributed by atoms with Crippen molar-refractivity contribution in [1.82, 2.24) is 14.7 Å². The average molecular weight is 449 g/mol. The first-order valence-corrected chi connectivity index (χ1v) is 11.7. The van der Waals surface area contributed by atoms with Gasteiger partial charge in [0.1, 0.15) is 4.21 Å². The van der Waals surface area contributed by atoms with Crippen LogP contribution in [-0.2, 0) is 16.6 Å². The SMILES string of the molecule is Cc1c(S(=O)(=O)Nc2ccc3cnn(CCN(C)C)c3c2)sc2ccc(Cl)cc12. The van der Waals surface area contributed by atoms with E-state index in [2.05, 4.69) is 14.7 Å². The Morgan fingerprint density at radius 3 is 2.76 bits per heavy atom. The summed E-state index contributed by atoms with van der Waals surface area (Å²) in [7, 11) is 0.290. The van der Waals surface area contributed by atoms with Crippen molar-refractivity contribution in [2.45, 2.75) is 17.7 Å². The van der Waals surface area contributed by atoms with E-state index in [1.54, 1.807) is 24.4 Å². The van der Waals surface area contributed by atoms with Crippen LogP contribution >= 0.6 is 22.9 Å². The Bertz CT molecular complexity index is 1310. The lowest BCUT2D eigenvalue weighted by molar-refractivity contribution is 0.377.